The fourth-order valence-electron chi connectivity index (χ4n) is 3.54. The second-order valence-corrected chi connectivity index (χ2v) is 7.68. The van der Waals surface area contributed by atoms with Crippen LogP contribution in [0, 0.1) is 0 Å². The summed E-state index contributed by atoms with van der Waals surface area (Å²) in [6.45, 7) is 3.97. The van der Waals surface area contributed by atoms with E-state index in [1.165, 1.54) is 12.6 Å². The predicted octanol–water partition coefficient (Wildman–Crippen LogP) is 3.40. The van der Waals surface area contributed by atoms with Crippen LogP contribution >= 0.6 is 0 Å². The Labute approximate surface area is 193 Å². The fraction of sp³-hybridized carbons (Fsp3) is 0.280. The number of amides is 3. The van der Waals surface area contributed by atoms with Crippen LogP contribution in [0.25, 0.3) is 0 Å². The Kier molecular flexibility index (Phi) is 8.76. The Morgan fingerprint density at radius 2 is 1.82 bits per heavy atom. The van der Waals surface area contributed by atoms with Crippen LogP contribution in [0.3, 0.4) is 0 Å². The van der Waals surface area contributed by atoms with Crippen LogP contribution in [0.1, 0.15) is 48.0 Å². The summed E-state index contributed by atoms with van der Waals surface area (Å²) in [7, 11) is 0. The van der Waals surface area contributed by atoms with Crippen molar-refractivity contribution in [2.24, 2.45) is 5.10 Å². The molecule has 1 saturated carbocycles. The van der Waals surface area contributed by atoms with Gasteiger partial charge in [0.05, 0.1) is 17.5 Å². The standard InChI is InChI=1S/C25H28N4O4/c1-2-15-33-20-12-8-9-18(16-20)17-26-29-25(32)24(31)28-22-14-7-6-13-21(22)23(30)27-19-10-4-3-5-11-19/h2,6-9,12-14,16-17,19H,1,3-5,10-11,15H2,(H,27,30)(H,28,31)(H,29,32)/b26-17+. The molecule has 0 aromatic heterocycles. The molecule has 172 valence electrons. The number of hydrogen-bond acceptors (Lipinski definition) is 5. The number of hydrazone groups is 1. The molecule has 0 atom stereocenters. The van der Waals surface area contributed by atoms with Crippen LogP contribution in [0.2, 0.25) is 0 Å². The number of rotatable bonds is 8. The molecule has 1 aliphatic rings. The molecule has 3 rings (SSSR count). The summed E-state index contributed by atoms with van der Waals surface area (Å²) in [5.74, 6) is -1.51. The van der Waals surface area contributed by atoms with E-state index in [-0.39, 0.29) is 17.6 Å². The summed E-state index contributed by atoms with van der Waals surface area (Å²) in [6, 6.07) is 13.8. The van der Waals surface area contributed by atoms with Crippen molar-refractivity contribution >= 4 is 29.6 Å². The summed E-state index contributed by atoms with van der Waals surface area (Å²) in [4.78, 5) is 37.2. The molecule has 1 aliphatic carbocycles. The van der Waals surface area contributed by atoms with E-state index in [9.17, 15) is 14.4 Å². The first-order valence-corrected chi connectivity index (χ1v) is 10.9. The molecule has 0 spiro atoms. The lowest BCUT2D eigenvalue weighted by atomic mass is 9.95. The Bertz CT molecular complexity index is 1030. The van der Waals surface area contributed by atoms with Crippen LogP contribution in [-0.2, 0) is 9.59 Å². The summed E-state index contributed by atoms with van der Waals surface area (Å²) < 4.78 is 5.44. The van der Waals surface area contributed by atoms with Gasteiger partial charge in [-0.05, 0) is 42.7 Å². The molecule has 0 bridgehead atoms. The second-order valence-electron chi connectivity index (χ2n) is 7.68. The molecule has 3 N–H and O–H groups in total. The van der Waals surface area contributed by atoms with Crippen molar-refractivity contribution in [3.63, 3.8) is 0 Å². The van der Waals surface area contributed by atoms with Crippen LogP contribution in [0.15, 0.2) is 66.3 Å². The van der Waals surface area contributed by atoms with Crippen LogP contribution in [-0.4, -0.2) is 36.6 Å². The zero-order valence-corrected chi connectivity index (χ0v) is 18.4. The van der Waals surface area contributed by atoms with Crippen molar-refractivity contribution < 1.29 is 19.1 Å². The molecular formula is C25H28N4O4. The minimum Gasteiger partial charge on any atom is -0.490 e. The molecule has 33 heavy (non-hydrogen) atoms. The first kappa shape index (κ1) is 23.7. The van der Waals surface area contributed by atoms with Crippen molar-refractivity contribution in [2.45, 2.75) is 38.1 Å². The number of benzene rings is 2. The van der Waals surface area contributed by atoms with Crippen LogP contribution in [0.4, 0.5) is 5.69 Å². The zero-order valence-electron chi connectivity index (χ0n) is 18.4. The quantitative estimate of drug-likeness (QED) is 0.249. The van der Waals surface area contributed by atoms with Gasteiger partial charge in [-0.1, -0.05) is 56.2 Å². The highest BCUT2D eigenvalue weighted by Crippen LogP contribution is 2.20. The SMILES string of the molecule is C=CCOc1cccc(/C=N/NC(=O)C(=O)Nc2ccccc2C(=O)NC2CCCCC2)c1. The minimum absolute atomic E-state index is 0.133. The maximum atomic E-state index is 12.7. The average Bonchev–Trinajstić information content (AvgIpc) is 2.84. The molecule has 2 aromatic rings. The largest absolute Gasteiger partial charge is 0.490 e. The zero-order chi connectivity index (χ0) is 23.5. The number of nitrogens with one attached hydrogen (secondary N) is 3. The normalized spacial score (nSPS) is 13.8. The first-order chi connectivity index (χ1) is 16.1. The molecule has 0 unspecified atom stereocenters. The van der Waals surface area contributed by atoms with Crippen molar-refractivity contribution in [3.05, 3.63) is 72.3 Å². The highest BCUT2D eigenvalue weighted by Gasteiger charge is 2.20. The lowest BCUT2D eigenvalue weighted by Crippen LogP contribution is -2.37. The fourth-order valence-corrected chi connectivity index (χ4v) is 3.54. The van der Waals surface area contributed by atoms with Gasteiger partial charge in [-0.25, -0.2) is 5.43 Å². The van der Waals surface area contributed by atoms with Crippen molar-refractivity contribution in [2.75, 3.05) is 11.9 Å². The molecule has 0 heterocycles. The van der Waals surface area contributed by atoms with Crippen LogP contribution < -0.4 is 20.8 Å². The molecule has 2 aromatic carbocycles. The topological polar surface area (TPSA) is 109 Å². The van der Waals surface area contributed by atoms with Gasteiger partial charge >= 0.3 is 11.8 Å². The third-order valence-corrected chi connectivity index (χ3v) is 5.17. The molecule has 1 fully saturated rings. The summed E-state index contributed by atoms with van der Waals surface area (Å²) in [6.07, 6.45) is 8.31. The van der Waals surface area contributed by atoms with Gasteiger partial charge < -0.3 is 15.4 Å². The Morgan fingerprint density at radius 1 is 1.03 bits per heavy atom. The summed E-state index contributed by atoms with van der Waals surface area (Å²) >= 11 is 0. The summed E-state index contributed by atoms with van der Waals surface area (Å²) in [5, 5.41) is 9.33. The minimum atomic E-state index is -0.951. The summed E-state index contributed by atoms with van der Waals surface area (Å²) in [5.41, 5.74) is 3.45. The van der Waals surface area contributed by atoms with Gasteiger partial charge in [0, 0.05) is 6.04 Å². The second kappa shape index (κ2) is 12.2. The molecule has 8 nitrogen and oxygen atoms in total. The maximum Gasteiger partial charge on any atom is 0.329 e. The highest BCUT2D eigenvalue weighted by molar-refractivity contribution is 6.40. The number of anilines is 1. The number of para-hydroxylation sites is 1. The molecule has 8 heteroatoms. The third-order valence-electron chi connectivity index (χ3n) is 5.17. The van der Waals surface area contributed by atoms with E-state index < -0.39 is 11.8 Å². The molecule has 0 radical (unpaired) electrons. The van der Waals surface area contributed by atoms with Crippen LogP contribution in [0.5, 0.6) is 5.75 Å². The van der Waals surface area contributed by atoms with Gasteiger partial charge in [0.1, 0.15) is 12.4 Å². The molecular weight excluding hydrogens is 420 g/mol. The molecule has 0 saturated heterocycles. The average molecular weight is 449 g/mol. The first-order valence-electron chi connectivity index (χ1n) is 10.9. The van der Waals surface area contributed by atoms with E-state index in [0.29, 0.717) is 23.5 Å². The smallest absolute Gasteiger partial charge is 0.329 e. The molecule has 0 aliphatic heterocycles. The van der Waals surface area contributed by atoms with Gasteiger partial charge in [0.25, 0.3) is 5.91 Å². The highest BCUT2D eigenvalue weighted by atomic mass is 16.5. The van der Waals surface area contributed by atoms with E-state index in [1.807, 2.05) is 0 Å². The third kappa shape index (κ3) is 7.31. The number of ether oxygens (including phenoxy) is 1. The van der Waals surface area contributed by atoms with Gasteiger partial charge in [-0.2, -0.15) is 5.10 Å². The lowest BCUT2D eigenvalue weighted by molar-refractivity contribution is -0.136. The lowest BCUT2D eigenvalue weighted by Gasteiger charge is -2.23. The predicted molar refractivity (Wildman–Crippen MR) is 127 cm³/mol. The maximum absolute atomic E-state index is 12.7. The number of nitrogens with zero attached hydrogens (tertiary/aromatic N) is 1. The Morgan fingerprint density at radius 3 is 2.61 bits per heavy atom. The Balaban J connectivity index is 1.56. The van der Waals surface area contributed by atoms with E-state index in [1.54, 1.807) is 54.6 Å². The van der Waals surface area contributed by atoms with Gasteiger partial charge in [0.2, 0.25) is 0 Å². The van der Waals surface area contributed by atoms with Crippen molar-refractivity contribution in [3.8, 4) is 5.75 Å². The van der Waals surface area contributed by atoms with Crippen molar-refractivity contribution in [1.29, 1.82) is 0 Å². The van der Waals surface area contributed by atoms with E-state index in [0.717, 1.165) is 25.7 Å². The number of carbonyl (C=O) groups is 3. The number of carbonyl (C=O) groups excluding carboxylic acids is 3. The monoisotopic (exact) mass is 448 g/mol. The van der Waals surface area contributed by atoms with Gasteiger partial charge in [0.15, 0.2) is 0 Å². The number of hydrogen-bond donors (Lipinski definition) is 3. The van der Waals surface area contributed by atoms with Gasteiger partial charge in [-0.15, -0.1) is 0 Å². The van der Waals surface area contributed by atoms with E-state index in [2.05, 4.69) is 27.7 Å². The Hall–Kier alpha value is -3.94. The van der Waals surface area contributed by atoms with Crippen molar-refractivity contribution in [1.82, 2.24) is 10.7 Å². The molecule has 3 amide bonds. The van der Waals surface area contributed by atoms with E-state index >= 15 is 0 Å². The van der Waals surface area contributed by atoms with Gasteiger partial charge in [-0.3, -0.25) is 14.4 Å². The van der Waals surface area contributed by atoms with E-state index in [4.69, 9.17) is 4.74 Å².